The third-order valence-electron chi connectivity index (χ3n) is 5.35. The van der Waals surface area contributed by atoms with Crippen LogP contribution >= 0.6 is 0 Å². The molecule has 0 spiro atoms. The van der Waals surface area contributed by atoms with Crippen molar-refractivity contribution in [1.29, 1.82) is 0 Å². The summed E-state index contributed by atoms with van der Waals surface area (Å²) in [4.78, 5) is 12.3. The number of rotatable bonds is 5. The number of nitrogens with one attached hydrogen (secondary N) is 1. The SMILES string of the molecule is CC(C)(C)c1ccc(C2CC2C(=O)N/N=C/C=C/c2ccc3c(c2)OCO3)cc1. The molecule has 4 rings (SSSR count). The lowest BCUT2D eigenvalue weighted by Gasteiger charge is -2.19. The van der Waals surface area contributed by atoms with Gasteiger partial charge in [0.15, 0.2) is 11.5 Å². The van der Waals surface area contributed by atoms with Gasteiger partial charge in [0.2, 0.25) is 12.7 Å². The molecule has 0 aromatic heterocycles. The summed E-state index contributed by atoms with van der Waals surface area (Å²) in [6, 6.07) is 14.4. The van der Waals surface area contributed by atoms with Gasteiger partial charge in [-0.15, -0.1) is 0 Å². The molecule has 0 bridgehead atoms. The largest absolute Gasteiger partial charge is 0.454 e. The second-order valence-corrected chi connectivity index (χ2v) is 8.55. The van der Waals surface area contributed by atoms with E-state index in [9.17, 15) is 4.79 Å². The Labute approximate surface area is 171 Å². The number of ether oxygens (including phenoxy) is 2. The highest BCUT2D eigenvalue weighted by atomic mass is 16.7. The first-order valence-electron chi connectivity index (χ1n) is 9.91. The summed E-state index contributed by atoms with van der Waals surface area (Å²) in [5, 5.41) is 4.03. The molecule has 5 heteroatoms. The zero-order valence-corrected chi connectivity index (χ0v) is 17.0. The lowest BCUT2D eigenvalue weighted by molar-refractivity contribution is -0.122. The molecule has 1 amide bonds. The van der Waals surface area contributed by atoms with Gasteiger partial charge in [0.1, 0.15) is 0 Å². The minimum Gasteiger partial charge on any atom is -0.454 e. The van der Waals surface area contributed by atoms with Crippen molar-refractivity contribution in [2.45, 2.75) is 38.5 Å². The minimum atomic E-state index is -0.0253. The zero-order chi connectivity index (χ0) is 20.4. The van der Waals surface area contributed by atoms with E-state index in [1.807, 2.05) is 24.3 Å². The number of hydrogen-bond donors (Lipinski definition) is 1. The second kappa shape index (κ2) is 7.74. The topological polar surface area (TPSA) is 59.9 Å². The number of amides is 1. The highest BCUT2D eigenvalue weighted by Crippen LogP contribution is 2.47. The zero-order valence-electron chi connectivity index (χ0n) is 17.0. The molecule has 2 atom stereocenters. The van der Waals surface area contributed by atoms with Crippen LogP contribution in [0.4, 0.5) is 0 Å². The first-order chi connectivity index (χ1) is 13.9. The number of hydrazone groups is 1. The van der Waals surface area contributed by atoms with Crippen molar-refractivity contribution >= 4 is 18.2 Å². The maximum absolute atomic E-state index is 12.3. The van der Waals surface area contributed by atoms with Gasteiger partial charge in [-0.1, -0.05) is 57.2 Å². The Morgan fingerprint density at radius 3 is 2.62 bits per heavy atom. The van der Waals surface area contributed by atoms with Crippen LogP contribution in [0.25, 0.3) is 6.08 Å². The quantitative estimate of drug-likeness (QED) is 0.598. The van der Waals surface area contributed by atoms with E-state index in [4.69, 9.17) is 9.47 Å². The van der Waals surface area contributed by atoms with Gasteiger partial charge in [0, 0.05) is 12.1 Å². The third kappa shape index (κ3) is 4.50. The molecule has 1 N–H and O–H groups in total. The van der Waals surface area contributed by atoms with Crippen LogP contribution in [0.15, 0.2) is 53.6 Å². The van der Waals surface area contributed by atoms with Crippen LogP contribution < -0.4 is 14.9 Å². The first-order valence-corrected chi connectivity index (χ1v) is 9.91. The lowest BCUT2D eigenvalue weighted by atomic mass is 9.86. The summed E-state index contributed by atoms with van der Waals surface area (Å²) in [6.07, 6.45) is 6.14. The fourth-order valence-corrected chi connectivity index (χ4v) is 3.48. The number of carbonyl (C=O) groups is 1. The van der Waals surface area contributed by atoms with Crippen molar-refractivity contribution in [2.24, 2.45) is 11.0 Å². The van der Waals surface area contributed by atoms with E-state index in [1.54, 1.807) is 12.3 Å². The third-order valence-corrected chi connectivity index (χ3v) is 5.35. The summed E-state index contributed by atoms with van der Waals surface area (Å²) in [5.74, 6) is 1.78. The van der Waals surface area contributed by atoms with Crippen LogP contribution in [0.3, 0.4) is 0 Å². The van der Waals surface area contributed by atoms with Crippen LogP contribution in [0.1, 0.15) is 49.8 Å². The normalized spacial score (nSPS) is 20.4. The van der Waals surface area contributed by atoms with E-state index in [2.05, 4.69) is 55.6 Å². The average molecular weight is 390 g/mol. The number of carbonyl (C=O) groups excluding carboxylic acids is 1. The van der Waals surface area contributed by atoms with Crippen molar-refractivity contribution in [2.75, 3.05) is 6.79 Å². The Hall–Kier alpha value is -3.08. The Bertz CT molecular complexity index is 955. The van der Waals surface area contributed by atoms with Crippen LogP contribution in [0, 0.1) is 5.92 Å². The fourth-order valence-electron chi connectivity index (χ4n) is 3.48. The summed E-state index contributed by atoms with van der Waals surface area (Å²) >= 11 is 0. The molecule has 29 heavy (non-hydrogen) atoms. The lowest BCUT2D eigenvalue weighted by Crippen LogP contribution is -2.19. The summed E-state index contributed by atoms with van der Waals surface area (Å²) in [6.45, 7) is 6.87. The van der Waals surface area contributed by atoms with Crippen molar-refractivity contribution in [3.05, 3.63) is 65.2 Å². The smallest absolute Gasteiger partial charge is 0.243 e. The molecule has 2 aliphatic rings. The Morgan fingerprint density at radius 2 is 1.86 bits per heavy atom. The summed E-state index contributed by atoms with van der Waals surface area (Å²) in [7, 11) is 0. The van der Waals surface area contributed by atoms with Gasteiger partial charge in [0.25, 0.3) is 0 Å². The van der Waals surface area contributed by atoms with Crippen molar-refractivity contribution in [1.82, 2.24) is 5.43 Å². The number of allylic oxidation sites excluding steroid dienone is 1. The van der Waals surface area contributed by atoms with Crippen LogP contribution in [0.5, 0.6) is 11.5 Å². The van der Waals surface area contributed by atoms with Crippen molar-refractivity contribution < 1.29 is 14.3 Å². The molecule has 2 aromatic carbocycles. The van der Waals surface area contributed by atoms with E-state index < -0.39 is 0 Å². The Balaban J connectivity index is 1.26. The van der Waals surface area contributed by atoms with Crippen molar-refractivity contribution in [3.63, 3.8) is 0 Å². The monoisotopic (exact) mass is 390 g/mol. The van der Waals surface area contributed by atoms with Crippen LogP contribution in [-0.2, 0) is 10.2 Å². The molecule has 1 aliphatic heterocycles. The number of hydrogen-bond acceptors (Lipinski definition) is 4. The Morgan fingerprint density at radius 1 is 1.10 bits per heavy atom. The molecule has 1 fully saturated rings. The molecule has 2 unspecified atom stereocenters. The molecule has 1 aliphatic carbocycles. The van der Waals surface area contributed by atoms with Crippen LogP contribution in [-0.4, -0.2) is 18.9 Å². The molecule has 0 radical (unpaired) electrons. The molecule has 1 saturated carbocycles. The summed E-state index contributed by atoms with van der Waals surface area (Å²) in [5.41, 5.74) is 6.30. The highest BCUT2D eigenvalue weighted by molar-refractivity contribution is 5.85. The molecule has 150 valence electrons. The molecule has 0 saturated heterocycles. The van der Waals surface area contributed by atoms with E-state index in [1.165, 1.54) is 11.1 Å². The van der Waals surface area contributed by atoms with E-state index in [0.29, 0.717) is 5.92 Å². The Kier molecular flexibility index (Phi) is 5.14. The van der Waals surface area contributed by atoms with E-state index >= 15 is 0 Å². The standard InChI is InChI=1S/C24H26N2O3/c1-24(2,3)18-9-7-17(8-10-18)19-14-20(19)23(27)26-25-12-4-5-16-6-11-21-22(13-16)29-15-28-21/h4-13,19-20H,14-15H2,1-3H3,(H,26,27)/b5-4+,25-12+. The van der Waals surface area contributed by atoms with Gasteiger partial charge in [0.05, 0.1) is 0 Å². The number of fused-ring (bicyclic) bond motifs is 1. The van der Waals surface area contributed by atoms with E-state index in [-0.39, 0.29) is 24.0 Å². The molecular formula is C24H26N2O3. The predicted octanol–water partition coefficient (Wildman–Crippen LogP) is 4.63. The fraction of sp³-hybridized carbons (Fsp3) is 0.333. The first kappa shape index (κ1) is 19.2. The minimum absolute atomic E-state index is 0.00507. The van der Waals surface area contributed by atoms with Gasteiger partial charge in [-0.05, 0) is 52.7 Å². The van der Waals surface area contributed by atoms with E-state index in [0.717, 1.165) is 23.5 Å². The predicted molar refractivity (Wildman–Crippen MR) is 114 cm³/mol. The van der Waals surface area contributed by atoms with Gasteiger partial charge in [-0.2, -0.15) is 5.10 Å². The molecular weight excluding hydrogens is 364 g/mol. The second-order valence-electron chi connectivity index (χ2n) is 8.55. The van der Waals surface area contributed by atoms with Gasteiger partial charge in [-0.25, -0.2) is 5.43 Å². The average Bonchev–Trinajstić information content (AvgIpc) is 3.37. The molecule has 5 nitrogen and oxygen atoms in total. The highest BCUT2D eigenvalue weighted by Gasteiger charge is 2.43. The van der Waals surface area contributed by atoms with Gasteiger partial charge in [-0.3, -0.25) is 4.79 Å². The maximum Gasteiger partial charge on any atom is 0.243 e. The van der Waals surface area contributed by atoms with Gasteiger partial charge < -0.3 is 9.47 Å². The van der Waals surface area contributed by atoms with Crippen LogP contribution in [0.2, 0.25) is 0 Å². The molecule has 2 aromatic rings. The number of benzene rings is 2. The molecule has 1 heterocycles. The summed E-state index contributed by atoms with van der Waals surface area (Å²) < 4.78 is 10.6. The van der Waals surface area contributed by atoms with Crippen molar-refractivity contribution in [3.8, 4) is 11.5 Å². The van der Waals surface area contributed by atoms with Gasteiger partial charge >= 0.3 is 0 Å². The maximum atomic E-state index is 12.3. The number of nitrogens with zero attached hydrogens (tertiary/aromatic N) is 1.